The van der Waals surface area contributed by atoms with Crippen LogP contribution in [0.4, 0.5) is 5.95 Å². The number of aromatic nitrogens is 2. The van der Waals surface area contributed by atoms with Gasteiger partial charge in [-0.2, -0.15) is 0 Å². The number of hydrogen-bond donors (Lipinski definition) is 2. The molecule has 0 fully saturated rings. The predicted molar refractivity (Wildman–Crippen MR) is 104 cm³/mol. The number of thiophene rings is 1. The van der Waals surface area contributed by atoms with Crippen LogP contribution >= 0.6 is 11.3 Å². The van der Waals surface area contributed by atoms with Crippen molar-refractivity contribution in [2.45, 2.75) is 58.5 Å². The van der Waals surface area contributed by atoms with E-state index < -0.39 is 0 Å². The van der Waals surface area contributed by atoms with E-state index >= 15 is 0 Å². The van der Waals surface area contributed by atoms with Crippen LogP contribution in [-0.4, -0.2) is 4.98 Å². The van der Waals surface area contributed by atoms with Gasteiger partial charge < -0.3 is 0 Å². The smallest absolute Gasteiger partial charge is 0.272 e. The molecule has 0 saturated carbocycles. The molecule has 0 aliphatic rings. The molecule has 3 nitrogen and oxygen atoms in total. The summed E-state index contributed by atoms with van der Waals surface area (Å²) in [6.45, 7) is 4.22. The van der Waals surface area contributed by atoms with Gasteiger partial charge in [-0.1, -0.05) is 57.2 Å². The number of para-hydroxylation sites is 2. The van der Waals surface area contributed by atoms with E-state index in [0.717, 1.165) is 19.0 Å². The van der Waals surface area contributed by atoms with Gasteiger partial charge in [0.15, 0.2) is 0 Å². The molecule has 2 N–H and O–H groups in total. The maximum atomic E-state index is 3.58. The Hall–Kier alpha value is -1.81. The molecular weight excluding hydrogens is 314 g/mol. The first kappa shape index (κ1) is 17.0. The number of imidazole rings is 1. The number of nitrogens with zero attached hydrogens (tertiary/aromatic N) is 1. The summed E-state index contributed by atoms with van der Waals surface area (Å²) < 4.78 is 2.41. The molecular formula is C20H28N3S+. The molecule has 0 atom stereocenters. The van der Waals surface area contributed by atoms with Gasteiger partial charge in [-0.3, -0.25) is 5.32 Å². The van der Waals surface area contributed by atoms with E-state index in [-0.39, 0.29) is 0 Å². The van der Waals surface area contributed by atoms with Gasteiger partial charge in [0.25, 0.3) is 0 Å². The van der Waals surface area contributed by atoms with Gasteiger partial charge >= 0.3 is 5.95 Å². The predicted octanol–water partition coefficient (Wildman–Crippen LogP) is 5.49. The van der Waals surface area contributed by atoms with Crippen LogP contribution in [0.1, 0.15) is 50.3 Å². The zero-order valence-electron chi connectivity index (χ0n) is 14.6. The summed E-state index contributed by atoms with van der Waals surface area (Å²) in [7, 11) is 0. The quantitative estimate of drug-likeness (QED) is 0.370. The van der Waals surface area contributed by atoms with Crippen LogP contribution in [0.15, 0.2) is 41.8 Å². The van der Waals surface area contributed by atoms with Gasteiger partial charge in [-0.15, -0.1) is 11.3 Å². The molecule has 1 aromatic carbocycles. The summed E-state index contributed by atoms with van der Waals surface area (Å²) in [6, 6.07) is 12.9. The Kier molecular flexibility index (Phi) is 6.30. The Labute approximate surface area is 148 Å². The van der Waals surface area contributed by atoms with Crippen molar-refractivity contribution in [1.82, 2.24) is 4.98 Å². The Bertz CT molecular complexity index is 731. The number of H-pyrrole nitrogens is 1. The first-order chi connectivity index (χ1) is 11.9. The number of benzene rings is 1. The molecule has 2 heterocycles. The fourth-order valence-electron chi connectivity index (χ4n) is 3.14. The fraction of sp³-hybridized carbons (Fsp3) is 0.450. The summed E-state index contributed by atoms with van der Waals surface area (Å²) in [5, 5.41) is 5.72. The van der Waals surface area contributed by atoms with Crippen molar-refractivity contribution in [2.75, 3.05) is 5.32 Å². The van der Waals surface area contributed by atoms with E-state index in [4.69, 9.17) is 0 Å². The summed E-state index contributed by atoms with van der Waals surface area (Å²) >= 11 is 1.80. The van der Waals surface area contributed by atoms with E-state index in [1.165, 1.54) is 54.4 Å². The van der Waals surface area contributed by atoms with Crippen LogP contribution < -0.4 is 9.88 Å². The van der Waals surface area contributed by atoms with Crippen LogP contribution in [0.2, 0.25) is 0 Å². The second-order valence-corrected chi connectivity index (χ2v) is 7.38. The molecule has 2 aromatic heterocycles. The lowest BCUT2D eigenvalue weighted by atomic mass is 10.1. The van der Waals surface area contributed by atoms with Gasteiger partial charge in [0.1, 0.15) is 11.0 Å². The molecule has 0 spiro atoms. The molecule has 24 heavy (non-hydrogen) atoms. The molecule has 0 aliphatic carbocycles. The number of aromatic amines is 1. The van der Waals surface area contributed by atoms with Crippen molar-refractivity contribution in [3.63, 3.8) is 0 Å². The number of aryl methyl sites for hydroxylation is 1. The highest BCUT2D eigenvalue weighted by molar-refractivity contribution is 7.09. The minimum Gasteiger partial charge on any atom is -0.272 e. The average Bonchev–Trinajstić information content (AvgIpc) is 3.24. The Balaban J connectivity index is 1.65. The van der Waals surface area contributed by atoms with Crippen molar-refractivity contribution in [3.05, 3.63) is 46.7 Å². The zero-order valence-corrected chi connectivity index (χ0v) is 15.4. The van der Waals surface area contributed by atoms with Crippen molar-refractivity contribution >= 4 is 28.3 Å². The molecule has 3 rings (SSSR count). The topological polar surface area (TPSA) is 31.7 Å². The van der Waals surface area contributed by atoms with Crippen LogP contribution in [0, 0.1) is 0 Å². The van der Waals surface area contributed by atoms with E-state index in [0.29, 0.717) is 0 Å². The number of hydrogen-bond acceptors (Lipinski definition) is 2. The standard InChI is InChI=1S/C20H27N3S/c1-2-3-4-5-6-9-14-23-19-13-8-7-12-18(19)22-20(23)21-16-17-11-10-15-24-17/h7-8,10-13,15H,2-6,9,14,16H2,1H3,(H,21,22)/p+1. The third kappa shape index (κ3) is 4.38. The van der Waals surface area contributed by atoms with Crippen molar-refractivity contribution in [1.29, 1.82) is 0 Å². The highest BCUT2D eigenvalue weighted by atomic mass is 32.1. The highest BCUT2D eigenvalue weighted by Crippen LogP contribution is 2.15. The molecule has 0 unspecified atom stereocenters. The summed E-state index contributed by atoms with van der Waals surface area (Å²) in [4.78, 5) is 4.91. The van der Waals surface area contributed by atoms with Crippen molar-refractivity contribution in [2.24, 2.45) is 0 Å². The van der Waals surface area contributed by atoms with Gasteiger partial charge in [0.05, 0.1) is 13.1 Å². The van der Waals surface area contributed by atoms with Crippen LogP contribution in [0.3, 0.4) is 0 Å². The van der Waals surface area contributed by atoms with E-state index in [9.17, 15) is 0 Å². The first-order valence-corrected chi connectivity index (χ1v) is 10.0. The molecule has 0 bridgehead atoms. The summed E-state index contributed by atoms with van der Waals surface area (Å²) in [5.74, 6) is 1.12. The van der Waals surface area contributed by atoms with E-state index in [1.807, 2.05) is 0 Å². The normalized spacial score (nSPS) is 11.2. The summed E-state index contributed by atoms with van der Waals surface area (Å²) in [5.41, 5.74) is 2.50. The maximum Gasteiger partial charge on any atom is 0.356 e. The average molecular weight is 343 g/mol. The largest absolute Gasteiger partial charge is 0.356 e. The first-order valence-electron chi connectivity index (χ1n) is 9.15. The van der Waals surface area contributed by atoms with Gasteiger partial charge in [0, 0.05) is 4.88 Å². The van der Waals surface area contributed by atoms with Crippen LogP contribution in [-0.2, 0) is 13.1 Å². The molecule has 0 aliphatic heterocycles. The van der Waals surface area contributed by atoms with Crippen molar-refractivity contribution in [3.8, 4) is 0 Å². The van der Waals surface area contributed by atoms with Crippen LogP contribution in [0.25, 0.3) is 11.0 Å². The SMILES string of the molecule is CCCCCCCC[n+]1c(NCc2cccs2)[nH]c2ccccc21. The monoisotopic (exact) mass is 342 g/mol. The molecule has 128 valence electrons. The van der Waals surface area contributed by atoms with E-state index in [2.05, 4.69) is 63.6 Å². The van der Waals surface area contributed by atoms with Gasteiger partial charge in [-0.25, -0.2) is 9.55 Å². The zero-order chi connectivity index (χ0) is 16.6. The molecule has 0 saturated heterocycles. The lowest BCUT2D eigenvalue weighted by Crippen LogP contribution is -2.36. The second kappa shape index (κ2) is 8.88. The minimum absolute atomic E-state index is 0.876. The summed E-state index contributed by atoms with van der Waals surface area (Å²) in [6.07, 6.45) is 7.97. The maximum absolute atomic E-state index is 3.58. The number of anilines is 1. The highest BCUT2D eigenvalue weighted by Gasteiger charge is 2.16. The fourth-order valence-corrected chi connectivity index (χ4v) is 3.78. The van der Waals surface area contributed by atoms with Gasteiger partial charge in [-0.05, 0) is 30.0 Å². The lowest BCUT2D eigenvalue weighted by molar-refractivity contribution is -0.657. The Morgan fingerprint density at radius 2 is 1.83 bits per heavy atom. The van der Waals surface area contributed by atoms with Crippen LogP contribution in [0.5, 0.6) is 0 Å². The Morgan fingerprint density at radius 1 is 1.00 bits per heavy atom. The minimum atomic E-state index is 0.876. The lowest BCUT2D eigenvalue weighted by Gasteiger charge is -2.04. The molecule has 0 radical (unpaired) electrons. The molecule has 4 heteroatoms. The molecule has 3 aromatic rings. The number of nitrogens with one attached hydrogen (secondary N) is 2. The van der Waals surface area contributed by atoms with Crippen molar-refractivity contribution < 1.29 is 4.57 Å². The third-order valence-corrected chi connectivity index (χ3v) is 5.34. The van der Waals surface area contributed by atoms with Gasteiger partial charge in [0.2, 0.25) is 0 Å². The van der Waals surface area contributed by atoms with E-state index in [1.54, 1.807) is 11.3 Å². The number of fused-ring (bicyclic) bond motifs is 1. The number of rotatable bonds is 10. The second-order valence-electron chi connectivity index (χ2n) is 6.34. The molecule has 0 amide bonds. The third-order valence-electron chi connectivity index (χ3n) is 4.46. The Morgan fingerprint density at radius 3 is 2.67 bits per heavy atom. The number of unbranched alkanes of at least 4 members (excludes halogenated alkanes) is 5.